The van der Waals surface area contributed by atoms with Crippen molar-refractivity contribution in [1.82, 2.24) is 9.88 Å². The van der Waals surface area contributed by atoms with Gasteiger partial charge in [-0.2, -0.15) is 13.2 Å². The number of aryl methyl sites for hydroxylation is 1. The highest BCUT2D eigenvalue weighted by Gasteiger charge is 2.33. The van der Waals surface area contributed by atoms with Crippen LogP contribution in [0.3, 0.4) is 0 Å². The van der Waals surface area contributed by atoms with Gasteiger partial charge in [-0.3, -0.25) is 4.79 Å². The number of carbonyl (C=O) groups excluding carboxylic acids is 1. The Morgan fingerprint density at radius 1 is 1.15 bits per heavy atom. The first-order chi connectivity index (χ1) is 15.8. The molecular weight excluding hydrogens is 435 g/mol. The molecule has 0 spiro atoms. The number of benzene rings is 2. The molecule has 2 heterocycles. The molecule has 2 N–H and O–H groups in total. The van der Waals surface area contributed by atoms with Gasteiger partial charge in [-0.25, -0.2) is 0 Å². The number of hydrogen-bond acceptors (Lipinski definition) is 4. The predicted molar refractivity (Wildman–Crippen MR) is 120 cm³/mol. The maximum Gasteiger partial charge on any atom is 0.416 e. The zero-order valence-electron chi connectivity index (χ0n) is 18.2. The van der Waals surface area contributed by atoms with Gasteiger partial charge in [-0.05, 0) is 48.9 Å². The van der Waals surface area contributed by atoms with E-state index < -0.39 is 11.7 Å². The minimum atomic E-state index is -4.38. The first kappa shape index (κ1) is 23.1. The zero-order valence-corrected chi connectivity index (χ0v) is 18.2. The number of ether oxygens (including phenoxy) is 1. The van der Waals surface area contributed by atoms with Crippen LogP contribution in [0.2, 0.25) is 0 Å². The molecule has 1 saturated heterocycles. The summed E-state index contributed by atoms with van der Waals surface area (Å²) in [5.74, 6) is -0.135. The van der Waals surface area contributed by atoms with Gasteiger partial charge in [0.15, 0.2) is 0 Å². The van der Waals surface area contributed by atoms with Crippen molar-refractivity contribution >= 4 is 22.5 Å². The summed E-state index contributed by atoms with van der Waals surface area (Å²) in [5.41, 5.74) is 2.62. The van der Waals surface area contributed by atoms with Gasteiger partial charge < -0.3 is 24.6 Å². The lowest BCUT2D eigenvalue weighted by atomic mass is 9.98. The maximum atomic E-state index is 13.1. The van der Waals surface area contributed by atoms with Gasteiger partial charge in [0.1, 0.15) is 0 Å². The Kier molecular flexibility index (Phi) is 6.62. The molecule has 176 valence electrons. The van der Waals surface area contributed by atoms with Crippen molar-refractivity contribution in [3.8, 4) is 5.69 Å². The van der Waals surface area contributed by atoms with E-state index in [-0.39, 0.29) is 25.0 Å². The van der Waals surface area contributed by atoms with E-state index in [0.29, 0.717) is 37.1 Å². The molecule has 1 aromatic heterocycles. The molecule has 0 atom stereocenters. The number of aliphatic hydroxyl groups is 1. The number of alkyl halides is 3. The second-order valence-corrected chi connectivity index (χ2v) is 8.16. The first-order valence-electron chi connectivity index (χ1n) is 10.8. The fraction of sp³-hybridized carbons (Fsp3) is 0.375. The third-order valence-electron chi connectivity index (χ3n) is 5.84. The summed E-state index contributed by atoms with van der Waals surface area (Å²) in [5, 5.41) is 12.1. The molecule has 1 aliphatic rings. The highest BCUT2D eigenvalue weighted by Crippen LogP contribution is 2.34. The number of anilines is 1. The number of amides is 1. The molecule has 33 heavy (non-hydrogen) atoms. The molecule has 6 nitrogen and oxygen atoms in total. The van der Waals surface area contributed by atoms with Gasteiger partial charge in [0.05, 0.1) is 36.8 Å². The fourth-order valence-electron chi connectivity index (χ4n) is 4.04. The minimum absolute atomic E-state index is 0.0255. The molecular formula is C24H26F3N3O3. The number of fused-ring (bicyclic) bond motifs is 1. The number of nitrogens with one attached hydrogen (secondary N) is 1. The second-order valence-electron chi connectivity index (χ2n) is 8.16. The Morgan fingerprint density at radius 3 is 2.64 bits per heavy atom. The van der Waals surface area contributed by atoms with Crippen molar-refractivity contribution in [1.29, 1.82) is 0 Å². The van der Waals surface area contributed by atoms with Crippen molar-refractivity contribution < 1.29 is 27.8 Å². The van der Waals surface area contributed by atoms with Crippen molar-refractivity contribution in [2.45, 2.75) is 13.1 Å². The Morgan fingerprint density at radius 2 is 1.91 bits per heavy atom. The highest BCUT2D eigenvalue weighted by molar-refractivity contribution is 5.86. The molecule has 0 radical (unpaired) electrons. The number of carbonyl (C=O) groups is 1. The van der Waals surface area contributed by atoms with Crippen LogP contribution in [0, 0.1) is 12.8 Å². The van der Waals surface area contributed by atoms with Crippen LogP contribution in [0.1, 0.15) is 11.1 Å². The van der Waals surface area contributed by atoms with Crippen LogP contribution in [0.5, 0.6) is 0 Å². The number of hydrogen-bond donors (Lipinski definition) is 2. The van der Waals surface area contributed by atoms with E-state index in [1.54, 1.807) is 6.92 Å². The van der Waals surface area contributed by atoms with Crippen molar-refractivity contribution in [2.75, 3.05) is 44.4 Å². The third kappa shape index (κ3) is 4.99. The number of aliphatic hydroxyl groups excluding tert-OH is 1. The van der Waals surface area contributed by atoms with E-state index >= 15 is 0 Å². The van der Waals surface area contributed by atoms with E-state index in [9.17, 15) is 18.0 Å². The van der Waals surface area contributed by atoms with Crippen LogP contribution in [0.4, 0.5) is 18.9 Å². The Labute approximate surface area is 189 Å². The normalized spacial score (nSPS) is 14.5. The van der Waals surface area contributed by atoms with E-state index in [1.807, 2.05) is 35.0 Å². The SMILES string of the molecule is Cc1cn(-c2cccc(N3CC(C(=O)NCCOCCO)C3)c2)c2ccc(C(F)(F)F)cc12. The monoisotopic (exact) mass is 461 g/mol. The topological polar surface area (TPSA) is 66.7 Å². The molecule has 9 heteroatoms. The fourth-order valence-corrected chi connectivity index (χ4v) is 4.04. The summed E-state index contributed by atoms with van der Waals surface area (Å²) >= 11 is 0. The molecule has 1 fully saturated rings. The molecule has 0 unspecified atom stereocenters. The van der Waals surface area contributed by atoms with Gasteiger partial charge in [0.25, 0.3) is 0 Å². The quantitative estimate of drug-likeness (QED) is 0.504. The number of aromatic nitrogens is 1. The van der Waals surface area contributed by atoms with Crippen LogP contribution in [0.25, 0.3) is 16.6 Å². The number of halogens is 3. The van der Waals surface area contributed by atoms with Gasteiger partial charge >= 0.3 is 6.18 Å². The van der Waals surface area contributed by atoms with Crippen LogP contribution < -0.4 is 10.2 Å². The van der Waals surface area contributed by atoms with Crippen molar-refractivity contribution in [3.05, 3.63) is 59.8 Å². The molecule has 0 aliphatic carbocycles. The van der Waals surface area contributed by atoms with Gasteiger partial charge in [0, 0.05) is 42.6 Å². The smallest absolute Gasteiger partial charge is 0.394 e. The van der Waals surface area contributed by atoms with Crippen LogP contribution in [-0.4, -0.2) is 55.0 Å². The predicted octanol–water partition coefficient (Wildman–Crippen LogP) is 3.52. The number of rotatable bonds is 8. The molecule has 4 rings (SSSR count). The summed E-state index contributed by atoms with van der Waals surface area (Å²) in [6, 6.07) is 11.6. The first-order valence-corrected chi connectivity index (χ1v) is 10.8. The number of nitrogens with zero attached hydrogens (tertiary/aromatic N) is 2. The molecule has 1 amide bonds. The summed E-state index contributed by atoms with van der Waals surface area (Å²) in [7, 11) is 0. The van der Waals surface area contributed by atoms with Gasteiger partial charge in [-0.15, -0.1) is 0 Å². The van der Waals surface area contributed by atoms with Crippen LogP contribution >= 0.6 is 0 Å². The van der Waals surface area contributed by atoms with E-state index in [1.165, 1.54) is 12.1 Å². The largest absolute Gasteiger partial charge is 0.416 e. The molecule has 2 aromatic carbocycles. The van der Waals surface area contributed by atoms with Crippen molar-refractivity contribution in [3.63, 3.8) is 0 Å². The van der Waals surface area contributed by atoms with E-state index in [0.717, 1.165) is 23.0 Å². The van der Waals surface area contributed by atoms with Crippen LogP contribution in [0.15, 0.2) is 48.7 Å². The minimum Gasteiger partial charge on any atom is -0.394 e. The Balaban J connectivity index is 1.44. The second kappa shape index (κ2) is 9.44. The summed E-state index contributed by atoms with van der Waals surface area (Å²) in [4.78, 5) is 14.3. The lowest BCUT2D eigenvalue weighted by molar-refractivity contribution is -0.137. The lowest BCUT2D eigenvalue weighted by Gasteiger charge is -2.40. The summed E-state index contributed by atoms with van der Waals surface area (Å²) in [6.07, 6.45) is -2.54. The van der Waals surface area contributed by atoms with Gasteiger partial charge in [0.2, 0.25) is 5.91 Å². The maximum absolute atomic E-state index is 13.1. The standard InChI is InChI=1S/C24H26F3N3O3/c1-16-13-30(22-6-5-18(11-21(16)22)24(25,26)27)20-4-2-3-19(12-20)29-14-17(15-29)23(32)28-7-9-33-10-8-31/h2-6,11-13,17,31H,7-10,14-15H2,1H3,(H,28,32). The summed E-state index contributed by atoms with van der Waals surface area (Å²) in [6.45, 7) is 3.96. The van der Waals surface area contributed by atoms with E-state index in [4.69, 9.17) is 9.84 Å². The lowest BCUT2D eigenvalue weighted by Crippen LogP contribution is -2.54. The summed E-state index contributed by atoms with van der Waals surface area (Å²) < 4.78 is 46.4. The van der Waals surface area contributed by atoms with Gasteiger partial charge in [-0.1, -0.05) is 6.07 Å². The van der Waals surface area contributed by atoms with E-state index in [2.05, 4.69) is 10.2 Å². The average Bonchev–Trinajstić information content (AvgIpc) is 3.08. The zero-order chi connectivity index (χ0) is 23.6. The Bertz CT molecular complexity index is 1140. The third-order valence-corrected chi connectivity index (χ3v) is 5.84. The molecule has 0 saturated carbocycles. The highest BCUT2D eigenvalue weighted by atomic mass is 19.4. The molecule has 3 aromatic rings. The van der Waals surface area contributed by atoms with Crippen molar-refractivity contribution in [2.24, 2.45) is 5.92 Å². The Hall–Kier alpha value is -3.04. The molecule has 1 aliphatic heterocycles. The average molecular weight is 461 g/mol. The molecule has 0 bridgehead atoms. The van der Waals surface area contributed by atoms with Crippen LogP contribution in [-0.2, 0) is 15.7 Å².